The molecule has 5 nitrogen and oxygen atoms in total. The highest BCUT2D eigenvalue weighted by molar-refractivity contribution is 5.80. The number of nitrogens with one attached hydrogen (secondary N) is 2. The van der Waals surface area contributed by atoms with Crippen molar-refractivity contribution in [3.63, 3.8) is 0 Å². The molecule has 0 aromatic carbocycles. The molecule has 0 aromatic heterocycles. The number of amides is 2. The summed E-state index contributed by atoms with van der Waals surface area (Å²) in [5, 5.41) is 5.41. The van der Waals surface area contributed by atoms with Gasteiger partial charge in [-0.05, 0) is 19.8 Å². The number of esters is 1. The van der Waals surface area contributed by atoms with Crippen LogP contribution in [0, 0.1) is 0 Å². The Morgan fingerprint density at radius 2 is 1.82 bits per heavy atom. The normalized spacial score (nSPS) is 17.0. The number of urea groups is 1. The molecule has 1 saturated carbocycles. The summed E-state index contributed by atoms with van der Waals surface area (Å²) >= 11 is 0. The van der Waals surface area contributed by atoms with E-state index in [-0.39, 0.29) is 18.6 Å². The summed E-state index contributed by atoms with van der Waals surface area (Å²) in [5.74, 6) is -0.400. The molecule has 0 bridgehead atoms. The Kier molecular flexibility index (Phi) is 6.43. The van der Waals surface area contributed by atoms with Gasteiger partial charge < -0.3 is 15.4 Å². The Labute approximate surface area is 102 Å². The van der Waals surface area contributed by atoms with Crippen molar-refractivity contribution < 1.29 is 14.3 Å². The summed E-state index contributed by atoms with van der Waals surface area (Å²) in [7, 11) is 0. The van der Waals surface area contributed by atoms with E-state index in [1.54, 1.807) is 6.92 Å². The van der Waals surface area contributed by atoms with Crippen molar-refractivity contribution in [2.24, 2.45) is 0 Å². The first-order chi connectivity index (χ1) is 8.22. The van der Waals surface area contributed by atoms with Crippen LogP contribution >= 0.6 is 0 Å². The molecule has 1 aliphatic carbocycles. The van der Waals surface area contributed by atoms with Crippen LogP contribution in [-0.4, -0.2) is 31.2 Å². The summed E-state index contributed by atoms with van der Waals surface area (Å²) in [6.45, 7) is 2.01. The monoisotopic (exact) mass is 242 g/mol. The zero-order valence-electron chi connectivity index (χ0n) is 10.5. The fraction of sp³-hybridized carbons (Fsp3) is 0.833. The minimum absolute atomic E-state index is 0.0631. The third-order valence-electron chi connectivity index (χ3n) is 2.89. The van der Waals surface area contributed by atoms with Crippen molar-refractivity contribution in [2.45, 2.75) is 51.5 Å². The van der Waals surface area contributed by atoms with Gasteiger partial charge in [-0.2, -0.15) is 0 Å². The molecule has 0 saturated heterocycles. The van der Waals surface area contributed by atoms with Crippen molar-refractivity contribution in [3.8, 4) is 0 Å². The van der Waals surface area contributed by atoms with Crippen LogP contribution in [0.15, 0.2) is 0 Å². The molecular formula is C12H22N2O3. The van der Waals surface area contributed by atoms with E-state index < -0.39 is 5.97 Å². The molecule has 5 heteroatoms. The Morgan fingerprint density at radius 1 is 1.18 bits per heavy atom. The lowest BCUT2D eigenvalue weighted by atomic mass is 10.1. The SMILES string of the molecule is CCOC(=O)CNC(=O)NC1CCCCCC1. The van der Waals surface area contributed by atoms with E-state index in [2.05, 4.69) is 10.6 Å². The quantitative estimate of drug-likeness (QED) is 0.581. The second-order valence-corrected chi connectivity index (χ2v) is 4.32. The highest BCUT2D eigenvalue weighted by Crippen LogP contribution is 2.16. The van der Waals surface area contributed by atoms with E-state index in [1.807, 2.05) is 0 Å². The van der Waals surface area contributed by atoms with Gasteiger partial charge in [0, 0.05) is 6.04 Å². The smallest absolute Gasteiger partial charge is 0.325 e. The lowest BCUT2D eigenvalue weighted by Gasteiger charge is -2.16. The van der Waals surface area contributed by atoms with Crippen LogP contribution < -0.4 is 10.6 Å². The van der Waals surface area contributed by atoms with Gasteiger partial charge in [0.15, 0.2) is 0 Å². The minimum atomic E-state index is -0.400. The third-order valence-corrected chi connectivity index (χ3v) is 2.89. The predicted octanol–water partition coefficient (Wildman–Crippen LogP) is 1.57. The molecule has 0 heterocycles. The van der Waals surface area contributed by atoms with Crippen LogP contribution in [0.25, 0.3) is 0 Å². The highest BCUT2D eigenvalue weighted by Gasteiger charge is 2.14. The lowest BCUT2D eigenvalue weighted by molar-refractivity contribution is -0.141. The summed E-state index contributed by atoms with van der Waals surface area (Å²) < 4.78 is 4.72. The molecule has 1 rings (SSSR count). The Hall–Kier alpha value is -1.26. The van der Waals surface area contributed by atoms with Crippen LogP contribution in [0.5, 0.6) is 0 Å². The van der Waals surface area contributed by atoms with Crippen molar-refractivity contribution in [1.82, 2.24) is 10.6 Å². The zero-order valence-corrected chi connectivity index (χ0v) is 10.5. The number of carbonyl (C=O) groups is 2. The Balaban J connectivity index is 2.17. The molecule has 0 radical (unpaired) electrons. The van der Waals surface area contributed by atoms with E-state index in [1.165, 1.54) is 25.7 Å². The summed E-state index contributed by atoms with van der Waals surface area (Å²) in [6.07, 6.45) is 6.91. The van der Waals surface area contributed by atoms with Gasteiger partial charge in [-0.15, -0.1) is 0 Å². The van der Waals surface area contributed by atoms with Gasteiger partial charge in [0.2, 0.25) is 0 Å². The first-order valence-corrected chi connectivity index (χ1v) is 6.42. The van der Waals surface area contributed by atoms with Gasteiger partial charge in [-0.3, -0.25) is 4.79 Å². The number of carbonyl (C=O) groups excluding carboxylic acids is 2. The van der Waals surface area contributed by atoms with E-state index in [0.717, 1.165) is 12.8 Å². The Bertz CT molecular complexity index is 248. The van der Waals surface area contributed by atoms with Crippen molar-refractivity contribution in [3.05, 3.63) is 0 Å². The average Bonchev–Trinajstić information content (AvgIpc) is 2.55. The number of ether oxygens (including phenoxy) is 1. The third kappa shape index (κ3) is 6.14. The zero-order chi connectivity index (χ0) is 12.5. The molecule has 98 valence electrons. The van der Waals surface area contributed by atoms with Gasteiger partial charge in [0.05, 0.1) is 6.61 Å². The van der Waals surface area contributed by atoms with Crippen molar-refractivity contribution in [1.29, 1.82) is 0 Å². The van der Waals surface area contributed by atoms with Crippen LogP contribution in [-0.2, 0) is 9.53 Å². The van der Waals surface area contributed by atoms with Gasteiger partial charge in [0.25, 0.3) is 0 Å². The largest absolute Gasteiger partial charge is 0.465 e. The van der Waals surface area contributed by atoms with Gasteiger partial charge in [0.1, 0.15) is 6.54 Å². The van der Waals surface area contributed by atoms with Crippen molar-refractivity contribution >= 4 is 12.0 Å². The molecule has 0 atom stereocenters. The molecule has 0 unspecified atom stereocenters. The molecule has 17 heavy (non-hydrogen) atoms. The number of hydrogen-bond acceptors (Lipinski definition) is 3. The molecule has 0 aromatic rings. The molecule has 0 aliphatic heterocycles. The molecule has 1 fully saturated rings. The maximum absolute atomic E-state index is 11.5. The lowest BCUT2D eigenvalue weighted by Crippen LogP contribution is -2.43. The van der Waals surface area contributed by atoms with Gasteiger partial charge in [-0.25, -0.2) is 4.79 Å². The van der Waals surface area contributed by atoms with Crippen molar-refractivity contribution in [2.75, 3.05) is 13.2 Å². The second-order valence-electron chi connectivity index (χ2n) is 4.32. The summed E-state index contributed by atoms with van der Waals surface area (Å²) in [5.41, 5.74) is 0. The van der Waals surface area contributed by atoms with E-state index >= 15 is 0 Å². The van der Waals surface area contributed by atoms with E-state index in [9.17, 15) is 9.59 Å². The molecule has 2 amide bonds. The fourth-order valence-corrected chi connectivity index (χ4v) is 2.02. The number of rotatable bonds is 4. The predicted molar refractivity (Wildman–Crippen MR) is 64.7 cm³/mol. The molecular weight excluding hydrogens is 220 g/mol. The van der Waals surface area contributed by atoms with Crippen LogP contribution in [0.4, 0.5) is 4.79 Å². The molecule has 0 spiro atoms. The second kappa shape index (κ2) is 7.92. The van der Waals surface area contributed by atoms with Gasteiger partial charge in [-0.1, -0.05) is 25.7 Å². The fourth-order valence-electron chi connectivity index (χ4n) is 2.02. The minimum Gasteiger partial charge on any atom is -0.465 e. The standard InChI is InChI=1S/C12H22N2O3/c1-2-17-11(15)9-13-12(16)14-10-7-5-3-4-6-8-10/h10H,2-9H2,1H3,(H2,13,14,16). The maximum Gasteiger partial charge on any atom is 0.325 e. The van der Waals surface area contributed by atoms with Crippen LogP contribution in [0.1, 0.15) is 45.4 Å². The van der Waals surface area contributed by atoms with E-state index in [0.29, 0.717) is 6.61 Å². The molecule has 2 N–H and O–H groups in total. The van der Waals surface area contributed by atoms with E-state index in [4.69, 9.17) is 4.74 Å². The van der Waals surface area contributed by atoms with Gasteiger partial charge >= 0.3 is 12.0 Å². The first kappa shape index (κ1) is 13.8. The number of hydrogen-bond donors (Lipinski definition) is 2. The highest BCUT2D eigenvalue weighted by atomic mass is 16.5. The molecule has 1 aliphatic rings. The summed E-state index contributed by atoms with van der Waals surface area (Å²) in [6, 6.07) is -0.0235. The maximum atomic E-state index is 11.5. The van der Waals surface area contributed by atoms with Crippen LogP contribution in [0.3, 0.4) is 0 Å². The van der Waals surface area contributed by atoms with Crippen LogP contribution in [0.2, 0.25) is 0 Å². The Morgan fingerprint density at radius 3 is 2.41 bits per heavy atom. The topological polar surface area (TPSA) is 67.4 Å². The summed E-state index contributed by atoms with van der Waals surface area (Å²) in [4.78, 5) is 22.5. The average molecular weight is 242 g/mol. The first-order valence-electron chi connectivity index (χ1n) is 6.42.